The Morgan fingerprint density at radius 2 is 2.00 bits per heavy atom. The molecule has 1 aliphatic heterocycles. The SMILES string of the molecule is CC.Cc1ccc(Br)c2c1C(=O)NC2. The van der Waals surface area contributed by atoms with E-state index in [1.165, 1.54) is 0 Å². The number of nitrogens with one attached hydrogen (secondary N) is 1. The van der Waals surface area contributed by atoms with E-state index in [4.69, 9.17) is 0 Å². The fourth-order valence-electron chi connectivity index (χ4n) is 1.49. The van der Waals surface area contributed by atoms with Gasteiger partial charge in [-0.1, -0.05) is 35.8 Å². The molecule has 14 heavy (non-hydrogen) atoms. The first kappa shape index (κ1) is 11.2. The first-order valence-corrected chi connectivity index (χ1v) is 5.55. The van der Waals surface area contributed by atoms with Crippen LogP contribution in [0.4, 0.5) is 0 Å². The lowest BCUT2D eigenvalue weighted by atomic mass is 10.0. The van der Waals surface area contributed by atoms with Gasteiger partial charge in [-0.05, 0) is 24.1 Å². The van der Waals surface area contributed by atoms with Crippen LogP contribution in [0.2, 0.25) is 0 Å². The minimum Gasteiger partial charge on any atom is -0.348 e. The van der Waals surface area contributed by atoms with E-state index in [0.717, 1.165) is 21.2 Å². The topological polar surface area (TPSA) is 29.1 Å². The number of hydrogen-bond acceptors (Lipinski definition) is 1. The predicted molar refractivity (Wildman–Crippen MR) is 61.4 cm³/mol. The third-order valence-corrected chi connectivity index (χ3v) is 2.86. The van der Waals surface area contributed by atoms with Crippen LogP contribution in [0.25, 0.3) is 0 Å². The van der Waals surface area contributed by atoms with Crippen molar-refractivity contribution in [3.05, 3.63) is 33.3 Å². The predicted octanol–water partition coefficient (Wildman–Crippen LogP) is 3.03. The van der Waals surface area contributed by atoms with Crippen molar-refractivity contribution in [2.45, 2.75) is 27.3 Å². The molecule has 0 aliphatic carbocycles. The second-order valence-electron chi connectivity index (χ2n) is 2.90. The Bertz CT molecular complexity index is 361. The second-order valence-corrected chi connectivity index (χ2v) is 3.75. The molecular formula is C11H14BrNO. The first-order chi connectivity index (χ1) is 6.70. The van der Waals surface area contributed by atoms with Gasteiger partial charge in [0.2, 0.25) is 0 Å². The number of carbonyl (C=O) groups is 1. The van der Waals surface area contributed by atoms with E-state index >= 15 is 0 Å². The zero-order chi connectivity index (χ0) is 10.7. The zero-order valence-corrected chi connectivity index (χ0v) is 10.2. The van der Waals surface area contributed by atoms with Crippen molar-refractivity contribution in [2.75, 3.05) is 0 Å². The maximum atomic E-state index is 11.3. The number of rotatable bonds is 0. The van der Waals surface area contributed by atoms with Crippen molar-refractivity contribution in [3.63, 3.8) is 0 Å². The van der Waals surface area contributed by atoms with E-state index < -0.39 is 0 Å². The number of hydrogen-bond donors (Lipinski definition) is 1. The molecule has 76 valence electrons. The van der Waals surface area contributed by atoms with Crippen LogP contribution in [0.15, 0.2) is 16.6 Å². The van der Waals surface area contributed by atoms with Gasteiger partial charge in [0.1, 0.15) is 0 Å². The van der Waals surface area contributed by atoms with E-state index in [-0.39, 0.29) is 5.91 Å². The molecule has 0 unspecified atom stereocenters. The lowest BCUT2D eigenvalue weighted by Gasteiger charge is -2.01. The van der Waals surface area contributed by atoms with Gasteiger partial charge >= 0.3 is 0 Å². The third-order valence-electron chi connectivity index (χ3n) is 2.12. The Hall–Kier alpha value is -0.830. The molecule has 0 saturated carbocycles. The summed E-state index contributed by atoms with van der Waals surface area (Å²) in [4.78, 5) is 11.3. The first-order valence-electron chi connectivity index (χ1n) is 4.76. The van der Waals surface area contributed by atoms with Gasteiger partial charge in [-0.25, -0.2) is 0 Å². The summed E-state index contributed by atoms with van der Waals surface area (Å²) >= 11 is 3.42. The standard InChI is InChI=1S/C9H8BrNO.C2H6/c1-5-2-3-7(10)6-4-11-9(12)8(5)6;1-2/h2-3H,4H2,1H3,(H,11,12);1-2H3. The van der Waals surface area contributed by atoms with E-state index in [9.17, 15) is 4.79 Å². The van der Waals surface area contributed by atoms with Crippen molar-refractivity contribution in [1.82, 2.24) is 5.32 Å². The van der Waals surface area contributed by atoms with Crippen molar-refractivity contribution in [3.8, 4) is 0 Å². The average Bonchev–Trinajstić information content (AvgIpc) is 2.59. The van der Waals surface area contributed by atoms with Gasteiger partial charge in [-0.3, -0.25) is 4.79 Å². The fraction of sp³-hybridized carbons (Fsp3) is 0.364. The number of halogens is 1. The van der Waals surface area contributed by atoms with Gasteiger partial charge in [0.25, 0.3) is 5.91 Å². The van der Waals surface area contributed by atoms with Crippen LogP contribution in [0.3, 0.4) is 0 Å². The summed E-state index contributed by atoms with van der Waals surface area (Å²) in [7, 11) is 0. The second kappa shape index (κ2) is 4.60. The third kappa shape index (κ3) is 1.82. The van der Waals surface area contributed by atoms with Gasteiger partial charge in [-0.2, -0.15) is 0 Å². The molecule has 1 N–H and O–H groups in total. The van der Waals surface area contributed by atoms with E-state index in [2.05, 4.69) is 21.2 Å². The summed E-state index contributed by atoms with van der Waals surface area (Å²) in [6, 6.07) is 3.93. The molecular weight excluding hydrogens is 242 g/mol. The summed E-state index contributed by atoms with van der Waals surface area (Å²) in [5, 5.41) is 2.80. The molecule has 0 radical (unpaired) electrons. The molecule has 0 bridgehead atoms. The van der Waals surface area contributed by atoms with Crippen LogP contribution in [-0.2, 0) is 6.54 Å². The van der Waals surface area contributed by atoms with Crippen LogP contribution in [0.5, 0.6) is 0 Å². The van der Waals surface area contributed by atoms with Gasteiger partial charge in [0.05, 0.1) is 0 Å². The Labute approximate surface area is 92.8 Å². The Kier molecular flexibility index (Phi) is 3.69. The molecule has 1 aliphatic rings. The monoisotopic (exact) mass is 255 g/mol. The van der Waals surface area contributed by atoms with E-state index in [0.29, 0.717) is 6.54 Å². The highest BCUT2D eigenvalue weighted by molar-refractivity contribution is 9.10. The molecule has 2 rings (SSSR count). The van der Waals surface area contributed by atoms with Gasteiger partial charge in [-0.15, -0.1) is 0 Å². The highest BCUT2D eigenvalue weighted by Gasteiger charge is 2.22. The van der Waals surface area contributed by atoms with Gasteiger partial charge in [0, 0.05) is 16.6 Å². The molecule has 0 atom stereocenters. The molecule has 3 heteroatoms. The van der Waals surface area contributed by atoms with Crippen molar-refractivity contribution < 1.29 is 4.79 Å². The average molecular weight is 256 g/mol. The minimum absolute atomic E-state index is 0.0452. The molecule has 0 spiro atoms. The molecule has 1 heterocycles. The minimum atomic E-state index is 0.0452. The van der Waals surface area contributed by atoms with Crippen LogP contribution >= 0.6 is 15.9 Å². The van der Waals surface area contributed by atoms with Crippen molar-refractivity contribution >= 4 is 21.8 Å². The Morgan fingerprint density at radius 1 is 1.36 bits per heavy atom. The molecule has 2 nitrogen and oxygen atoms in total. The van der Waals surface area contributed by atoms with Crippen molar-refractivity contribution in [1.29, 1.82) is 0 Å². The molecule has 1 aromatic rings. The van der Waals surface area contributed by atoms with Crippen LogP contribution in [0, 0.1) is 6.92 Å². The van der Waals surface area contributed by atoms with Crippen LogP contribution in [0.1, 0.15) is 35.3 Å². The summed E-state index contributed by atoms with van der Waals surface area (Å²) < 4.78 is 1.02. The summed E-state index contributed by atoms with van der Waals surface area (Å²) in [6.45, 7) is 6.60. The summed E-state index contributed by atoms with van der Waals surface area (Å²) in [5.41, 5.74) is 2.97. The number of benzene rings is 1. The van der Waals surface area contributed by atoms with Gasteiger partial charge in [0.15, 0.2) is 0 Å². The number of fused-ring (bicyclic) bond motifs is 1. The Morgan fingerprint density at radius 3 is 2.57 bits per heavy atom. The normalized spacial score (nSPS) is 12.7. The molecule has 0 saturated heterocycles. The zero-order valence-electron chi connectivity index (χ0n) is 8.65. The fourth-order valence-corrected chi connectivity index (χ4v) is 1.96. The van der Waals surface area contributed by atoms with E-state index in [1.807, 2.05) is 32.9 Å². The highest BCUT2D eigenvalue weighted by atomic mass is 79.9. The maximum Gasteiger partial charge on any atom is 0.252 e. The molecule has 0 fully saturated rings. The summed E-state index contributed by atoms with van der Waals surface area (Å²) in [5.74, 6) is 0.0452. The largest absolute Gasteiger partial charge is 0.348 e. The van der Waals surface area contributed by atoms with Crippen LogP contribution in [-0.4, -0.2) is 5.91 Å². The lowest BCUT2D eigenvalue weighted by Crippen LogP contribution is -2.13. The highest BCUT2D eigenvalue weighted by Crippen LogP contribution is 2.26. The van der Waals surface area contributed by atoms with E-state index in [1.54, 1.807) is 0 Å². The smallest absolute Gasteiger partial charge is 0.252 e. The van der Waals surface area contributed by atoms with Crippen LogP contribution < -0.4 is 5.32 Å². The number of aryl methyl sites for hydroxylation is 1. The lowest BCUT2D eigenvalue weighted by molar-refractivity contribution is 0.0965. The number of amides is 1. The van der Waals surface area contributed by atoms with Gasteiger partial charge < -0.3 is 5.32 Å². The summed E-state index contributed by atoms with van der Waals surface area (Å²) in [6.07, 6.45) is 0. The maximum absolute atomic E-state index is 11.3. The molecule has 0 aromatic heterocycles. The number of carbonyl (C=O) groups excluding carboxylic acids is 1. The molecule has 1 amide bonds. The molecule has 1 aromatic carbocycles. The van der Waals surface area contributed by atoms with Crippen molar-refractivity contribution in [2.24, 2.45) is 0 Å². The Balaban J connectivity index is 0.000000461. The quantitative estimate of drug-likeness (QED) is 0.759.